The van der Waals surface area contributed by atoms with E-state index in [0.717, 1.165) is 19.4 Å². The van der Waals surface area contributed by atoms with Crippen LogP contribution < -0.4 is 16.0 Å². The van der Waals surface area contributed by atoms with Gasteiger partial charge in [0, 0.05) is 23.2 Å². The maximum atomic E-state index is 12.2. The zero-order chi connectivity index (χ0) is 17.7. The van der Waals surface area contributed by atoms with Gasteiger partial charge in [-0.15, -0.1) is 0 Å². The molecule has 132 valence electrons. The van der Waals surface area contributed by atoms with Crippen molar-refractivity contribution in [1.82, 2.24) is 10.6 Å². The van der Waals surface area contributed by atoms with E-state index >= 15 is 0 Å². The molecule has 0 aromatic heterocycles. The molecular weight excluding hydrogens is 323 g/mol. The van der Waals surface area contributed by atoms with Crippen LogP contribution in [0.25, 0.3) is 0 Å². The number of amides is 2. The Kier molecular flexibility index (Phi) is 5.82. The normalized spacial score (nSPS) is 21.2. The number of piperidine rings is 1. The maximum Gasteiger partial charge on any atom is 0.405 e. The molecule has 2 amide bonds. The van der Waals surface area contributed by atoms with Crippen molar-refractivity contribution in [2.75, 3.05) is 18.4 Å². The van der Waals surface area contributed by atoms with E-state index in [9.17, 15) is 22.8 Å². The monoisotopic (exact) mass is 343 g/mol. The molecule has 0 aliphatic carbocycles. The van der Waals surface area contributed by atoms with Crippen LogP contribution in [0.2, 0.25) is 0 Å². The summed E-state index contributed by atoms with van der Waals surface area (Å²) in [6.45, 7) is 1.43. The number of alkyl halides is 3. The van der Waals surface area contributed by atoms with Crippen molar-refractivity contribution in [1.29, 1.82) is 0 Å². The van der Waals surface area contributed by atoms with E-state index in [-0.39, 0.29) is 23.4 Å². The summed E-state index contributed by atoms with van der Waals surface area (Å²) < 4.78 is 36.2. The molecule has 8 heteroatoms. The molecule has 1 aromatic carbocycles. The van der Waals surface area contributed by atoms with Gasteiger partial charge in [0.2, 0.25) is 5.91 Å². The Labute approximate surface area is 138 Å². The Bertz CT molecular complexity index is 587. The second-order valence-corrected chi connectivity index (χ2v) is 5.94. The average Bonchev–Trinajstić information content (AvgIpc) is 2.52. The zero-order valence-electron chi connectivity index (χ0n) is 13.2. The molecule has 1 aromatic rings. The lowest BCUT2D eigenvalue weighted by Crippen LogP contribution is -2.40. The SMILES string of the molecule is C[C@H]1C[C@@H](C(=O)Nc2ccc(C(=O)NCC(F)(F)F)cc2)CCN1. The van der Waals surface area contributed by atoms with Crippen molar-refractivity contribution in [2.24, 2.45) is 5.92 Å². The van der Waals surface area contributed by atoms with Crippen molar-refractivity contribution < 1.29 is 22.8 Å². The second kappa shape index (κ2) is 7.65. The maximum absolute atomic E-state index is 12.2. The summed E-state index contributed by atoms with van der Waals surface area (Å²) in [4.78, 5) is 23.8. The number of nitrogens with one attached hydrogen (secondary N) is 3. The molecule has 0 radical (unpaired) electrons. The Balaban J connectivity index is 1.89. The smallest absolute Gasteiger partial charge is 0.343 e. The Morgan fingerprint density at radius 2 is 1.92 bits per heavy atom. The Morgan fingerprint density at radius 1 is 1.25 bits per heavy atom. The minimum absolute atomic E-state index is 0.0731. The van der Waals surface area contributed by atoms with Gasteiger partial charge >= 0.3 is 6.18 Å². The van der Waals surface area contributed by atoms with E-state index < -0.39 is 18.6 Å². The fraction of sp³-hybridized carbons (Fsp3) is 0.500. The molecule has 2 rings (SSSR count). The lowest BCUT2D eigenvalue weighted by molar-refractivity contribution is -0.123. The summed E-state index contributed by atoms with van der Waals surface area (Å²) in [5.41, 5.74) is 0.617. The minimum atomic E-state index is -4.45. The largest absolute Gasteiger partial charge is 0.405 e. The molecule has 1 heterocycles. The molecule has 0 spiro atoms. The van der Waals surface area contributed by atoms with Gasteiger partial charge in [0.05, 0.1) is 0 Å². The summed E-state index contributed by atoms with van der Waals surface area (Å²) in [5, 5.41) is 7.84. The van der Waals surface area contributed by atoms with Crippen molar-refractivity contribution in [2.45, 2.75) is 32.0 Å². The van der Waals surface area contributed by atoms with Gasteiger partial charge in [0.1, 0.15) is 6.54 Å². The molecule has 5 nitrogen and oxygen atoms in total. The predicted molar refractivity (Wildman–Crippen MR) is 83.6 cm³/mol. The molecule has 0 saturated carbocycles. The third kappa shape index (κ3) is 5.52. The van der Waals surface area contributed by atoms with Crippen LogP contribution in [0.5, 0.6) is 0 Å². The summed E-state index contributed by atoms with van der Waals surface area (Å²) in [5.74, 6) is -0.967. The number of benzene rings is 1. The topological polar surface area (TPSA) is 70.2 Å². The molecule has 1 aliphatic rings. The molecule has 0 bridgehead atoms. The highest BCUT2D eigenvalue weighted by Gasteiger charge is 2.28. The van der Waals surface area contributed by atoms with Gasteiger partial charge in [-0.3, -0.25) is 9.59 Å². The highest BCUT2D eigenvalue weighted by atomic mass is 19.4. The van der Waals surface area contributed by atoms with Crippen molar-refractivity contribution >= 4 is 17.5 Å². The fourth-order valence-corrected chi connectivity index (χ4v) is 2.60. The molecule has 1 aliphatic heterocycles. The summed E-state index contributed by atoms with van der Waals surface area (Å²) >= 11 is 0. The van der Waals surface area contributed by atoms with Gasteiger partial charge in [0.15, 0.2) is 0 Å². The van der Waals surface area contributed by atoms with Gasteiger partial charge in [-0.2, -0.15) is 13.2 Å². The molecule has 1 saturated heterocycles. The van der Waals surface area contributed by atoms with Gasteiger partial charge in [0.25, 0.3) is 5.91 Å². The average molecular weight is 343 g/mol. The first-order valence-corrected chi connectivity index (χ1v) is 7.74. The van der Waals surface area contributed by atoms with Crippen LogP contribution in [0.15, 0.2) is 24.3 Å². The van der Waals surface area contributed by atoms with E-state index in [4.69, 9.17) is 0 Å². The first-order chi connectivity index (χ1) is 11.2. The van der Waals surface area contributed by atoms with Gasteiger partial charge in [-0.05, 0) is 50.6 Å². The molecular formula is C16H20F3N3O2. The van der Waals surface area contributed by atoms with Crippen LogP contribution in [0.1, 0.15) is 30.1 Å². The van der Waals surface area contributed by atoms with Crippen LogP contribution in [-0.2, 0) is 4.79 Å². The van der Waals surface area contributed by atoms with Crippen molar-refractivity contribution in [3.63, 3.8) is 0 Å². The van der Waals surface area contributed by atoms with E-state index in [1.807, 2.05) is 6.92 Å². The highest BCUT2D eigenvalue weighted by molar-refractivity contribution is 5.96. The van der Waals surface area contributed by atoms with Crippen LogP contribution in [0.4, 0.5) is 18.9 Å². The van der Waals surface area contributed by atoms with E-state index in [0.29, 0.717) is 5.69 Å². The number of carbonyl (C=O) groups is 2. The Morgan fingerprint density at radius 3 is 2.50 bits per heavy atom. The number of carbonyl (C=O) groups excluding carboxylic acids is 2. The first-order valence-electron chi connectivity index (χ1n) is 7.74. The fourth-order valence-electron chi connectivity index (χ4n) is 2.60. The molecule has 24 heavy (non-hydrogen) atoms. The molecule has 2 atom stereocenters. The molecule has 3 N–H and O–H groups in total. The van der Waals surface area contributed by atoms with Gasteiger partial charge < -0.3 is 16.0 Å². The first kappa shape index (κ1) is 18.3. The third-order valence-electron chi connectivity index (χ3n) is 3.86. The summed E-state index contributed by atoms with van der Waals surface area (Å²) in [7, 11) is 0. The van der Waals surface area contributed by atoms with E-state index in [2.05, 4.69) is 10.6 Å². The number of rotatable bonds is 4. The van der Waals surface area contributed by atoms with Gasteiger partial charge in [-0.1, -0.05) is 0 Å². The van der Waals surface area contributed by atoms with Gasteiger partial charge in [-0.25, -0.2) is 0 Å². The van der Waals surface area contributed by atoms with Crippen LogP contribution in [0.3, 0.4) is 0 Å². The van der Waals surface area contributed by atoms with Crippen molar-refractivity contribution in [3.05, 3.63) is 29.8 Å². The summed E-state index contributed by atoms with van der Waals surface area (Å²) in [6, 6.07) is 6.06. The number of anilines is 1. The van der Waals surface area contributed by atoms with Crippen LogP contribution in [0, 0.1) is 5.92 Å². The number of halogens is 3. The van der Waals surface area contributed by atoms with E-state index in [1.165, 1.54) is 24.3 Å². The lowest BCUT2D eigenvalue weighted by atomic mass is 9.92. The Hall–Kier alpha value is -2.09. The standard InChI is InChI=1S/C16H20F3N3O2/c1-10-8-12(6-7-20-10)15(24)22-13-4-2-11(3-5-13)14(23)21-9-16(17,18)19/h2-5,10,12,20H,6-9H2,1H3,(H,21,23)(H,22,24)/t10-,12-/m0/s1. The minimum Gasteiger partial charge on any atom is -0.343 e. The molecule has 0 unspecified atom stereocenters. The highest BCUT2D eigenvalue weighted by Crippen LogP contribution is 2.19. The second-order valence-electron chi connectivity index (χ2n) is 5.94. The number of hydrogen-bond donors (Lipinski definition) is 3. The van der Waals surface area contributed by atoms with Crippen molar-refractivity contribution in [3.8, 4) is 0 Å². The third-order valence-corrected chi connectivity index (χ3v) is 3.86. The quantitative estimate of drug-likeness (QED) is 0.786. The summed E-state index contributed by atoms with van der Waals surface area (Å²) in [6.07, 6.45) is -2.94. The van der Waals surface area contributed by atoms with Crippen LogP contribution >= 0.6 is 0 Å². The van der Waals surface area contributed by atoms with Crippen LogP contribution in [-0.4, -0.2) is 37.1 Å². The number of hydrogen-bond acceptors (Lipinski definition) is 3. The predicted octanol–water partition coefficient (Wildman–Crippen LogP) is 2.31. The lowest BCUT2D eigenvalue weighted by Gasteiger charge is -2.27. The zero-order valence-corrected chi connectivity index (χ0v) is 13.2. The van der Waals surface area contributed by atoms with E-state index in [1.54, 1.807) is 5.32 Å². The molecule has 1 fully saturated rings.